The van der Waals surface area contributed by atoms with E-state index in [0.717, 1.165) is 11.5 Å². The maximum absolute atomic E-state index is 5.30. The molecule has 0 atom stereocenters. The fraction of sp³-hybridized carbons (Fsp3) is 0.312. The Morgan fingerprint density at radius 2 is 1.86 bits per heavy atom. The molecule has 2 aromatic heterocycles. The van der Waals surface area contributed by atoms with E-state index in [2.05, 4.69) is 32.3 Å². The average Bonchev–Trinajstić information content (AvgIpc) is 3.09. The molecule has 114 valence electrons. The molecule has 2 heterocycles. The molecule has 0 fully saturated rings. The van der Waals surface area contributed by atoms with Gasteiger partial charge in [0, 0.05) is 19.0 Å². The molecule has 0 N–H and O–H groups in total. The number of aryl methyl sites for hydroxylation is 1. The van der Waals surface area contributed by atoms with Crippen molar-refractivity contribution >= 4 is 0 Å². The van der Waals surface area contributed by atoms with Crippen LogP contribution in [0.25, 0.3) is 0 Å². The molecule has 0 spiro atoms. The predicted octanol–water partition coefficient (Wildman–Crippen LogP) is 2.59. The molecule has 0 saturated carbocycles. The Bertz CT molecular complexity index is 721. The minimum Gasteiger partial charge on any atom is -0.361 e. The highest BCUT2D eigenvalue weighted by molar-refractivity contribution is 5.18. The van der Waals surface area contributed by atoms with Crippen LogP contribution in [0.15, 0.2) is 45.4 Å². The molecular formula is C16H18N4O2. The number of hydrogen-bond acceptors (Lipinski definition) is 6. The van der Waals surface area contributed by atoms with Crippen molar-refractivity contribution in [1.82, 2.24) is 20.2 Å². The van der Waals surface area contributed by atoms with Gasteiger partial charge in [-0.25, -0.2) is 0 Å². The summed E-state index contributed by atoms with van der Waals surface area (Å²) >= 11 is 0. The van der Waals surface area contributed by atoms with Crippen LogP contribution in [0.2, 0.25) is 0 Å². The monoisotopic (exact) mass is 298 g/mol. The summed E-state index contributed by atoms with van der Waals surface area (Å²) in [6.07, 6.45) is 0.677. The smallest absolute Gasteiger partial charge is 0.240 e. The van der Waals surface area contributed by atoms with E-state index in [-0.39, 0.29) is 0 Å². The van der Waals surface area contributed by atoms with Gasteiger partial charge in [-0.05, 0) is 19.5 Å². The van der Waals surface area contributed by atoms with Crippen molar-refractivity contribution < 1.29 is 9.05 Å². The molecule has 0 amide bonds. The third-order valence-corrected chi connectivity index (χ3v) is 3.23. The molecule has 0 unspecified atom stereocenters. The molecular weight excluding hydrogens is 280 g/mol. The Morgan fingerprint density at radius 1 is 1.05 bits per heavy atom. The lowest BCUT2D eigenvalue weighted by molar-refractivity contribution is 0.253. The molecule has 0 saturated heterocycles. The fourth-order valence-electron chi connectivity index (χ4n) is 2.26. The normalized spacial score (nSPS) is 11.2. The van der Waals surface area contributed by atoms with Crippen molar-refractivity contribution in [3.63, 3.8) is 0 Å². The first kappa shape index (κ1) is 14.5. The Balaban J connectivity index is 1.57. The van der Waals surface area contributed by atoms with Crippen molar-refractivity contribution in [3.8, 4) is 0 Å². The Morgan fingerprint density at radius 3 is 2.59 bits per heavy atom. The molecule has 0 aliphatic carbocycles. The van der Waals surface area contributed by atoms with Gasteiger partial charge >= 0.3 is 0 Å². The van der Waals surface area contributed by atoms with E-state index in [9.17, 15) is 0 Å². The van der Waals surface area contributed by atoms with Crippen molar-refractivity contribution in [2.45, 2.75) is 26.4 Å². The Hall–Kier alpha value is -2.47. The third-order valence-electron chi connectivity index (χ3n) is 3.23. The number of nitrogens with zero attached hydrogens (tertiary/aromatic N) is 4. The molecule has 22 heavy (non-hydrogen) atoms. The highest BCUT2D eigenvalue weighted by atomic mass is 16.5. The van der Waals surface area contributed by atoms with Crippen LogP contribution in [0.1, 0.15) is 28.7 Å². The lowest BCUT2D eigenvalue weighted by Crippen LogP contribution is -2.17. The van der Waals surface area contributed by atoms with Crippen molar-refractivity contribution in [3.05, 3.63) is 65.1 Å². The minimum absolute atomic E-state index is 0.577. The van der Waals surface area contributed by atoms with Crippen LogP contribution in [0, 0.1) is 6.92 Å². The van der Waals surface area contributed by atoms with E-state index in [1.807, 2.05) is 38.2 Å². The Labute approximate surface area is 128 Å². The van der Waals surface area contributed by atoms with Gasteiger partial charge in [0.25, 0.3) is 0 Å². The lowest BCUT2D eigenvalue weighted by atomic mass is 10.1. The lowest BCUT2D eigenvalue weighted by Gasteiger charge is -2.11. The second-order valence-corrected chi connectivity index (χ2v) is 5.37. The van der Waals surface area contributed by atoms with Crippen LogP contribution in [0.5, 0.6) is 0 Å². The highest BCUT2D eigenvalue weighted by Crippen LogP contribution is 2.10. The van der Waals surface area contributed by atoms with E-state index < -0.39 is 0 Å². The number of rotatable bonds is 6. The van der Waals surface area contributed by atoms with Crippen LogP contribution < -0.4 is 0 Å². The first-order chi connectivity index (χ1) is 10.7. The molecule has 0 aliphatic rings. The standard InChI is InChI=1S/C16H18N4O2/c1-12-8-14(18-21-12)10-20(2)11-16-17-15(19-22-16)9-13-6-4-3-5-7-13/h3-8H,9-11H2,1-2H3. The zero-order valence-corrected chi connectivity index (χ0v) is 12.7. The van der Waals surface area contributed by atoms with Gasteiger partial charge in [-0.1, -0.05) is 40.6 Å². The van der Waals surface area contributed by atoms with Crippen LogP contribution in [-0.4, -0.2) is 27.2 Å². The van der Waals surface area contributed by atoms with Crippen molar-refractivity contribution in [1.29, 1.82) is 0 Å². The second-order valence-electron chi connectivity index (χ2n) is 5.37. The summed E-state index contributed by atoms with van der Waals surface area (Å²) < 4.78 is 10.4. The van der Waals surface area contributed by atoms with Crippen molar-refractivity contribution in [2.75, 3.05) is 7.05 Å². The predicted molar refractivity (Wildman–Crippen MR) is 80.0 cm³/mol. The van der Waals surface area contributed by atoms with E-state index >= 15 is 0 Å². The summed E-state index contributed by atoms with van der Waals surface area (Å²) in [5.74, 6) is 2.12. The maximum Gasteiger partial charge on any atom is 0.240 e. The minimum atomic E-state index is 0.577. The van der Waals surface area contributed by atoms with Gasteiger partial charge in [0.2, 0.25) is 5.89 Å². The zero-order valence-electron chi connectivity index (χ0n) is 12.7. The third kappa shape index (κ3) is 3.79. The van der Waals surface area contributed by atoms with Crippen LogP contribution in [-0.2, 0) is 19.5 Å². The fourth-order valence-corrected chi connectivity index (χ4v) is 2.26. The van der Waals surface area contributed by atoms with Gasteiger partial charge in [0.05, 0.1) is 12.2 Å². The summed E-state index contributed by atoms with van der Waals surface area (Å²) in [5.41, 5.74) is 2.06. The van der Waals surface area contributed by atoms with Gasteiger partial charge in [-0.15, -0.1) is 0 Å². The summed E-state index contributed by atoms with van der Waals surface area (Å²) in [5, 5.41) is 8.00. The SMILES string of the molecule is Cc1cc(CN(C)Cc2nc(Cc3ccccc3)no2)no1. The van der Waals surface area contributed by atoms with E-state index in [1.165, 1.54) is 5.56 Å². The van der Waals surface area contributed by atoms with E-state index in [1.54, 1.807) is 0 Å². The first-order valence-corrected chi connectivity index (χ1v) is 7.15. The summed E-state index contributed by atoms with van der Waals surface area (Å²) in [6.45, 7) is 3.13. The number of benzene rings is 1. The molecule has 0 radical (unpaired) electrons. The molecule has 0 bridgehead atoms. The van der Waals surface area contributed by atoms with Gasteiger partial charge < -0.3 is 9.05 Å². The number of hydrogen-bond donors (Lipinski definition) is 0. The maximum atomic E-state index is 5.30. The Kier molecular flexibility index (Phi) is 4.29. The highest BCUT2D eigenvalue weighted by Gasteiger charge is 2.11. The topological polar surface area (TPSA) is 68.2 Å². The van der Waals surface area contributed by atoms with Crippen LogP contribution in [0.3, 0.4) is 0 Å². The van der Waals surface area contributed by atoms with Gasteiger partial charge in [-0.2, -0.15) is 4.98 Å². The molecule has 3 rings (SSSR count). The van der Waals surface area contributed by atoms with Gasteiger partial charge in [0.1, 0.15) is 5.76 Å². The molecule has 1 aromatic carbocycles. The largest absolute Gasteiger partial charge is 0.361 e. The zero-order chi connectivity index (χ0) is 15.4. The summed E-state index contributed by atoms with van der Waals surface area (Å²) in [4.78, 5) is 6.48. The number of aromatic nitrogens is 3. The summed E-state index contributed by atoms with van der Waals surface area (Å²) in [6, 6.07) is 12.0. The second kappa shape index (κ2) is 6.53. The average molecular weight is 298 g/mol. The molecule has 0 aliphatic heterocycles. The van der Waals surface area contributed by atoms with Crippen LogP contribution in [0.4, 0.5) is 0 Å². The van der Waals surface area contributed by atoms with Gasteiger partial charge in [-0.3, -0.25) is 4.90 Å². The van der Waals surface area contributed by atoms with E-state index in [4.69, 9.17) is 9.05 Å². The van der Waals surface area contributed by atoms with Crippen molar-refractivity contribution in [2.24, 2.45) is 0 Å². The quantitative estimate of drug-likeness (QED) is 0.696. The summed E-state index contributed by atoms with van der Waals surface area (Å²) in [7, 11) is 1.98. The first-order valence-electron chi connectivity index (χ1n) is 7.15. The van der Waals surface area contributed by atoms with Gasteiger partial charge in [0.15, 0.2) is 5.82 Å². The van der Waals surface area contributed by atoms with E-state index in [0.29, 0.717) is 31.2 Å². The molecule has 6 heteroatoms. The molecule has 3 aromatic rings. The molecule has 6 nitrogen and oxygen atoms in total. The van der Waals surface area contributed by atoms with Crippen LogP contribution >= 0.6 is 0 Å².